The van der Waals surface area contributed by atoms with Crippen LogP contribution in [-0.4, -0.2) is 72.1 Å². The third-order valence-electron chi connectivity index (χ3n) is 5.55. The van der Waals surface area contributed by atoms with Crippen LogP contribution in [-0.2, 0) is 9.59 Å². The SMILES string of the molecule is Cc1cc(NC(=O)CN2CCN(CC(=O)NC3CCCCC3C)CC2)no1. The quantitative estimate of drug-likeness (QED) is 0.775. The molecule has 2 aliphatic rings. The van der Waals surface area contributed by atoms with Crippen LogP contribution in [0.1, 0.15) is 38.4 Å². The van der Waals surface area contributed by atoms with Crippen molar-refractivity contribution in [2.75, 3.05) is 44.6 Å². The van der Waals surface area contributed by atoms with Crippen molar-refractivity contribution in [1.82, 2.24) is 20.3 Å². The lowest BCUT2D eigenvalue weighted by atomic mass is 9.86. The highest BCUT2D eigenvalue weighted by Gasteiger charge is 2.25. The van der Waals surface area contributed by atoms with E-state index >= 15 is 0 Å². The zero-order chi connectivity index (χ0) is 19.2. The zero-order valence-corrected chi connectivity index (χ0v) is 16.4. The van der Waals surface area contributed by atoms with E-state index in [4.69, 9.17) is 4.52 Å². The van der Waals surface area contributed by atoms with E-state index in [1.54, 1.807) is 13.0 Å². The van der Waals surface area contributed by atoms with Crippen molar-refractivity contribution in [3.05, 3.63) is 11.8 Å². The second-order valence-electron chi connectivity index (χ2n) is 7.86. The van der Waals surface area contributed by atoms with E-state index in [0.717, 1.165) is 32.6 Å². The number of hydrogen-bond acceptors (Lipinski definition) is 6. The number of anilines is 1. The van der Waals surface area contributed by atoms with Gasteiger partial charge in [0.15, 0.2) is 5.82 Å². The molecule has 2 atom stereocenters. The van der Waals surface area contributed by atoms with Crippen molar-refractivity contribution in [2.24, 2.45) is 5.92 Å². The van der Waals surface area contributed by atoms with E-state index in [1.807, 2.05) is 0 Å². The third-order valence-corrected chi connectivity index (χ3v) is 5.55. The molecule has 2 heterocycles. The molecule has 0 bridgehead atoms. The maximum absolute atomic E-state index is 12.3. The monoisotopic (exact) mass is 377 g/mol. The molecule has 1 aliphatic heterocycles. The Hall–Kier alpha value is -1.93. The highest BCUT2D eigenvalue weighted by Crippen LogP contribution is 2.23. The number of aryl methyl sites for hydroxylation is 1. The topological polar surface area (TPSA) is 90.7 Å². The van der Waals surface area contributed by atoms with Gasteiger partial charge in [-0.25, -0.2) is 0 Å². The molecule has 0 spiro atoms. The van der Waals surface area contributed by atoms with Gasteiger partial charge in [0.25, 0.3) is 0 Å². The van der Waals surface area contributed by atoms with Crippen LogP contribution in [0, 0.1) is 12.8 Å². The van der Waals surface area contributed by atoms with Gasteiger partial charge in [0.2, 0.25) is 11.8 Å². The number of amides is 2. The van der Waals surface area contributed by atoms with Gasteiger partial charge < -0.3 is 15.2 Å². The summed E-state index contributed by atoms with van der Waals surface area (Å²) in [6.07, 6.45) is 4.80. The number of rotatable bonds is 6. The molecule has 2 amide bonds. The molecule has 0 aromatic carbocycles. The predicted octanol–water partition coefficient (Wildman–Crippen LogP) is 1.23. The van der Waals surface area contributed by atoms with Crippen LogP contribution in [0.3, 0.4) is 0 Å². The molecular weight excluding hydrogens is 346 g/mol. The summed E-state index contributed by atoms with van der Waals surface area (Å²) in [6.45, 7) is 7.93. The lowest BCUT2D eigenvalue weighted by Gasteiger charge is -2.35. The summed E-state index contributed by atoms with van der Waals surface area (Å²) in [5.41, 5.74) is 0. The van der Waals surface area contributed by atoms with Crippen LogP contribution in [0.15, 0.2) is 10.6 Å². The van der Waals surface area contributed by atoms with Gasteiger partial charge in [-0.15, -0.1) is 0 Å². The van der Waals surface area contributed by atoms with Crippen molar-refractivity contribution >= 4 is 17.6 Å². The van der Waals surface area contributed by atoms with Crippen LogP contribution in [0.25, 0.3) is 0 Å². The van der Waals surface area contributed by atoms with Crippen LogP contribution in [0.5, 0.6) is 0 Å². The molecule has 1 saturated heterocycles. The van der Waals surface area contributed by atoms with Gasteiger partial charge in [-0.1, -0.05) is 24.9 Å². The van der Waals surface area contributed by atoms with Gasteiger partial charge in [0, 0.05) is 38.3 Å². The Bertz CT molecular complexity index is 639. The average molecular weight is 377 g/mol. The molecule has 8 nitrogen and oxygen atoms in total. The van der Waals surface area contributed by atoms with Gasteiger partial charge in [0.05, 0.1) is 13.1 Å². The van der Waals surface area contributed by atoms with Crippen molar-refractivity contribution in [3.63, 3.8) is 0 Å². The van der Waals surface area contributed by atoms with Crippen LogP contribution in [0.2, 0.25) is 0 Å². The molecule has 150 valence electrons. The zero-order valence-electron chi connectivity index (χ0n) is 16.4. The molecule has 2 fully saturated rings. The molecule has 1 aromatic rings. The summed E-state index contributed by atoms with van der Waals surface area (Å²) in [7, 11) is 0. The van der Waals surface area contributed by atoms with Gasteiger partial charge in [-0.2, -0.15) is 0 Å². The van der Waals surface area contributed by atoms with Crippen LogP contribution < -0.4 is 10.6 Å². The van der Waals surface area contributed by atoms with Gasteiger partial charge in [-0.3, -0.25) is 19.4 Å². The molecule has 1 saturated carbocycles. The normalized spacial score (nSPS) is 24.5. The Balaban J connectivity index is 1.34. The van der Waals surface area contributed by atoms with E-state index in [1.165, 1.54) is 19.3 Å². The Kier molecular flexibility index (Phi) is 6.84. The lowest BCUT2D eigenvalue weighted by molar-refractivity contribution is -0.124. The predicted molar refractivity (Wildman–Crippen MR) is 102 cm³/mol. The van der Waals surface area contributed by atoms with E-state index in [0.29, 0.717) is 36.6 Å². The van der Waals surface area contributed by atoms with E-state index in [9.17, 15) is 9.59 Å². The Labute approximate surface area is 160 Å². The summed E-state index contributed by atoms with van der Waals surface area (Å²) in [6, 6.07) is 2.03. The number of hydrogen-bond donors (Lipinski definition) is 2. The summed E-state index contributed by atoms with van der Waals surface area (Å²) in [5.74, 6) is 1.72. The minimum atomic E-state index is -0.0965. The fraction of sp³-hybridized carbons (Fsp3) is 0.737. The van der Waals surface area contributed by atoms with Gasteiger partial charge in [-0.05, 0) is 25.7 Å². The molecule has 8 heteroatoms. The first-order valence-corrected chi connectivity index (χ1v) is 9.97. The van der Waals surface area contributed by atoms with Crippen molar-refractivity contribution in [1.29, 1.82) is 0 Å². The third kappa shape index (κ3) is 6.04. The number of nitrogens with one attached hydrogen (secondary N) is 2. The minimum absolute atomic E-state index is 0.0965. The Morgan fingerprint density at radius 2 is 1.74 bits per heavy atom. The first-order chi connectivity index (χ1) is 13.0. The largest absolute Gasteiger partial charge is 0.360 e. The fourth-order valence-corrected chi connectivity index (χ4v) is 3.90. The Morgan fingerprint density at radius 3 is 2.33 bits per heavy atom. The second-order valence-corrected chi connectivity index (χ2v) is 7.86. The standard InChI is InChI=1S/C19H31N5O3/c1-14-5-3-4-6-16(14)20-18(25)12-23-7-9-24(10-8-23)13-19(26)21-17-11-15(2)27-22-17/h11,14,16H,3-10,12-13H2,1-2H3,(H,20,25)(H,21,22,26). The summed E-state index contributed by atoms with van der Waals surface area (Å²) < 4.78 is 4.94. The van der Waals surface area contributed by atoms with E-state index in [-0.39, 0.29) is 11.8 Å². The molecule has 2 N–H and O–H groups in total. The number of piperazine rings is 1. The van der Waals surface area contributed by atoms with Crippen LogP contribution >= 0.6 is 0 Å². The maximum atomic E-state index is 12.3. The number of nitrogens with zero attached hydrogens (tertiary/aromatic N) is 3. The smallest absolute Gasteiger partial charge is 0.239 e. The second kappa shape index (κ2) is 9.32. The van der Waals surface area contributed by atoms with Crippen molar-refractivity contribution in [3.8, 4) is 0 Å². The molecule has 1 aromatic heterocycles. The molecule has 2 unspecified atom stereocenters. The number of aromatic nitrogens is 1. The number of carbonyl (C=O) groups is 2. The van der Waals surface area contributed by atoms with Gasteiger partial charge >= 0.3 is 0 Å². The molecule has 3 rings (SSSR count). The van der Waals surface area contributed by atoms with Crippen LogP contribution in [0.4, 0.5) is 5.82 Å². The molecule has 0 radical (unpaired) electrons. The summed E-state index contributed by atoms with van der Waals surface area (Å²) in [4.78, 5) is 28.7. The van der Waals surface area contributed by atoms with Gasteiger partial charge in [0.1, 0.15) is 5.76 Å². The molecule has 1 aliphatic carbocycles. The first kappa shape index (κ1) is 19.8. The molecule has 27 heavy (non-hydrogen) atoms. The summed E-state index contributed by atoms with van der Waals surface area (Å²) >= 11 is 0. The van der Waals surface area contributed by atoms with Crippen molar-refractivity contribution < 1.29 is 14.1 Å². The Morgan fingerprint density at radius 1 is 1.11 bits per heavy atom. The lowest BCUT2D eigenvalue weighted by Crippen LogP contribution is -2.52. The maximum Gasteiger partial charge on any atom is 0.239 e. The highest BCUT2D eigenvalue weighted by atomic mass is 16.5. The highest BCUT2D eigenvalue weighted by molar-refractivity contribution is 5.91. The first-order valence-electron chi connectivity index (χ1n) is 9.97. The average Bonchev–Trinajstić information content (AvgIpc) is 3.03. The van der Waals surface area contributed by atoms with Crippen molar-refractivity contribution in [2.45, 2.75) is 45.6 Å². The van der Waals surface area contributed by atoms with E-state index in [2.05, 4.69) is 32.5 Å². The minimum Gasteiger partial charge on any atom is -0.360 e. The van der Waals surface area contributed by atoms with E-state index < -0.39 is 0 Å². The summed E-state index contributed by atoms with van der Waals surface area (Å²) in [5, 5.41) is 9.72. The number of carbonyl (C=O) groups excluding carboxylic acids is 2. The molecular formula is C19H31N5O3. The fourth-order valence-electron chi connectivity index (χ4n) is 3.90.